The summed E-state index contributed by atoms with van der Waals surface area (Å²) < 4.78 is 0. The van der Waals surface area contributed by atoms with Gasteiger partial charge in [0.05, 0.1) is 0 Å². The highest BCUT2D eigenvalue weighted by Gasteiger charge is 2.35. The summed E-state index contributed by atoms with van der Waals surface area (Å²) in [4.78, 5) is 2.63. The summed E-state index contributed by atoms with van der Waals surface area (Å²) in [6.45, 7) is 11.6. The Labute approximate surface area is 120 Å². The second-order valence-corrected chi connectivity index (χ2v) is 6.00. The molecule has 1 heteroatoms. The summed E-state index contributed by atoms with van der Waals surface area (Å²) in [6.07, 6.45) is 3.64. The number of hydrogen-bond donors (Lipinski definition) is 0. The number of nitrogens with zero attached hydrogens (tertiary/aromatic N) is 1. The fraction of sp³-hybridized carbons (Fsp3) is 0.667. The SMILES string of the molecule is CCC(CC)(CC)N(C)C(c1ccccc1)C(C)C. The van der Waals surface area contributed by atoms with Crippen LogP contribution in [0.15, 0.2) is 30.3 Å². The Morgan fingerprint density at radius 1 is 0.947 bits per heavy atom. The first kappa shape index (κ1) is 16.2. The topological polar surface area (TPSA) is 3.24 Å². The molecular weight excluding hydrogens is 230 g/mol. The lowest BCUT2D eigenvalue weighted by atomic mass is 9.83. The van der Waals surface area contributed by atoms with Crippen molar-refractivity contribution in [3.05, 3.63) is 35.9 Å². The van der Waals surface area contributed by atoms with Gasteiger partial charge in [-0.15, -0.1) is 0 Å². The molecule has 0 saturated heterocycles. The first-order valence-electron chi connectivity index (χ1n) is 7.80. The van der Waals surface area contributed by atoms with Crippen molar-refractivity contribution in [2.24, 2.45) is 5.92 Å². The van der Waals surface area contributed by atoms with Gasteiger partial charge in [0.25, 0.3) is 0 Å². The maximum absolute atomic E-state index is 2.63. The third kappa shape index (κ3) is 3.39. The molecule has 1 rings (SSSR count). The number of benzene rings is 1. The van der Waals surface area contributed by atoms with E-state index in [9.17, 15) is 0 Å². The molecule has 1 aromatic rings. The van der Waals surface area contributed by atoms with Gasteiger partial charge in [-0.2, -0.15) is 0 Å². The Balaban J connectivity index is 3.13. The van der Waals surface area contributed by atoms with E-state index in [2.05, 4.69) is 76.9 Å². The quantitative estimate of drug-likeness (QED) is 0.645. The Morgan fingerprint density at radius 2 is 1.42 bits per heavy atom. The maximum Gasteiger partial charge on any atom is 0.0373 e. The van der Waals surface area contributed by atoms with E-state index in [-0.39, 0.29) is 0 Å². The molecule has 0 fully saturated rings. The van der Waals surface area contributed by atoms with Crippen LogP contribution in [0.2, 0.25) is 0 Å². The van der Waals surface area contributed by atoms with Crippen LogP contribution in [-0.2, 0) is 0 Å². The predicted molar refractivity (Wildman–Crippen MR) is 85.4 cm³/mol. The summed E-state index contributed by atoms with van der Waals surface area (Å²) in [7, 11) is 2.31. The summed E-state index contributed by atoms with van der Waals surface area (Å²) in [6, 6.07) is 11.5. The first-order chi connectivity index (χ1) is 9.02. The van der Waals surface area contributed by atoms with E-state index >= 15 is 0 Å². The van der Waals surface area contributed by atoms with Gasteiger partial charge >= 0.3 is 0 Å². The predicted octanol–water partition coefficient (Wildman–Crippen LogP) is 5.28. The van der Waals surface area contributed by atoms with Gasteiger partial charge in [-0.1, -0.05) is 65.0 Å². The molecular formula is C18H31N. The van der Waals surface area contributed by atoms with Crippen LogP contribution in [0.4, 0.5) is 0 Å². The second kappa shape index (κ2) is 7.09. The summed E-state index contributed by atoms with van der Waals surface area (Å²) in [5, 5.41) is 0. The zero-order valence-electron chi connectivity index (χ0n) is 13.6. The molecule has 0 N–H and O–H groups in total. The van der Waals surface area contributed by atoms with E-state index in [1.165, 1.54) is 24.8 Å². The zero-order chi connectivity index (χ0) is 14.5. The molecule has 19 heavy (non-hydrogen) atoms. The molecule has 1 aromatic carbocycles. The molecule has 0 aliphatic carbocycles. The fourth-order valence-electron chi connectivity index (χ4n) is 3.50. The highest BCUT2D eigenvalue weighted by molar-refractivity contribution is 5.20. The van der Waals surface area contributed by atoms with Crippen molar-refractivity contribution in [2.75, 3.05) is 7.05 Å². The van der Waals surface area contributed by atoms with Crippen LogP contribution in [-0.4, -0.2) is 17.5 Å². The second-order valence-electron chi connectivity index (χ2n) is 6.00. The van der Waals surface area contributed by atoms with Gasteiger partial charge in [0.2, 0.25) is 0 Å². The van der Waals surface area contributed by atoms with Crippen LogP contribution in [0.5, 0.6) is 0 Å². The molecule has 0 spiro atoms. The highest BCUT2D eigenvalue weighted by Crippen LogP contribution is 2.37. The van der Waals surface area contributed by atoms with Crippen LogP contribution in [0.3, 0.4) is 0 Å². The summed E-state index contributed by atoms with van der Waals surface area (Å²) in [5.74, 6) is 0.622. The van der Waals surface area contributed by atoms with Crippen LogP contribution in [0.25, 0.3) is 0 Å². The molecule has 0 aliphatic heterocycles. The molecule has 0 heterocycles. The molecule has 0 amide bonds. The lowest BCUT2D eigenvalue weighted by Crippen LogP contribution is -2.48. The Hall–Kier alpha value is -0.820. The van der Waals surface area contributed by atoms with Crippen LogP contribution >= 0.6 is 0 Å². The zero-order valence-corrected chi connectivity index (χ0v) is 13.6. The maximum atomic E-state index is 2.63. The molecule has 0 aromatic heterocycles. The molecule has 0 aliphatic rings. The van der Waals surface area contributed by atoms with Gasteiger partial charge in [0.15, 0.2) is 0 Å². The number of rotatable bonds is 7. The van der Waals surface area contributed by atoms with E-state index in [1.807, 2.05) is 0 Å². The van der Waals surface area contributed by atoms with Crippen molar-refractivity contribution < 1.29 is 0 Å². The van der Waals surface area contributed by atoms with Crippen molar-refractivity contribution in [2.45, 2.75) is 65.5 Å². The van der Waals surface area contributed by atoms with Crippen molar-refractivity contribution in [3.8, 4) is 0 Å². The standard InChI is InChI=1S/C18H31N/c1-7-18(8-2,9-3)19(6)17(15(4)5)16-13-11-10-12-14-16/h10-15,17H,7-9H2,1-6H3. The molecule has 1 unspecified atom stereocenters. The summed E-state index contributed by atoms with van der Waals surface area (Å²) >= 11 is 0. The average Bonchev–Trinajstić information content (AvgIpc) is 2.42. The van der Waals surface area contributed by atoms with E-state index in [0.29, 0.717) is 17.5 Å². The molecule has 108 valence electrons. The van der Waals surface area contributed by atoms with Crippen molar-refractivity contribution in [1.82, 2.24) is 4.90 Å². The third-order valence-electron chi connectivity index (χ3n) is 4.91. The van der Waals surface area contributed by atoms with Crippen molar-refractivity contribution in [3.63, 3.8) is 0 Å². The third-order valence-corrected chi connectivity index (χ3v) is 4.91. The van der Waals surface area contributed by atoms with Gasteiger partial charge in [-0.05, 0) is 37.8 Å². The van der Waals surface area contributed by atoms with Crippen molar-refractivity contribution >= 4 is 0 Å². The van der Waals surface area contributed by atoms with E-state index in [4.69, 9.17) is 0 Å². The highest BCUT2D eigenvalue weighted by atomic mass is 15.2. The average molecular weight is 261 g/mol. The minimum Gasteiger partial charge on any atom is -0.293 e. The fourth-order valence-corrected chi connectivity index (χ4v) is 3.50. The monoisotopic (exact) mass is 261 g/mol. The van der Waals surface area contributed by atoms with E-state index in [0.717, 1.165) is 0 Å². The Kier molecular flexibility index (Phi) is 6.06. The van der Waals surface area contributed by atoms with Gasteiger partial charge in [-0.25, -0.2) is 0 Å². The van der Waals surface area contributed by atoms with E-state index < -0.39 is 0 Å². The van der Waals surface area contributed by atoms with Crippen LogP contribution < -0.4 is 0 Å². The molecule has 1 nitrogen and oxygen atoms in total. The van der Waals surface area contributed by atoms with Gasteiger partial charge in [0, 0.05) is 11.6 Å². The molecule has 0 saturated carbocycles. The van der Waals surface area contributed by atoms with Gasteiger partial charge < -0.3 is 0 Å². The minimum atomic E-state index is 0.324. The lowest BCUT2D eigenvalue weighted by Gasteiger charge is -2.46. The largest absolute Gasteiger partial charge is 0.293 e. The number of hydrogen-bond acceptors (Lipinski definition) is 1. The minimum absolute atomic E-state index is 0.324. The first-order valence-corrected chi connectivity index (χ1v) is 7.80. The smallest absolute Gasteiger partial charge is 0.0373 e. The van der Waals surface area contributed by atoms with Crippen LogP contribution in [0.1, 0.15) is 65.5 Å². The normalized spacial score (nSPS) is 14.1. The van der Waals surface area contributed by atoms with E-state index in [1.54, 1.807) is 0 Å². The molecule has 0 radical (unpaired) electrons. The molecule has 1 atom stereocenters. The van der Waals surface area contributed by atoms with Gasteiger partial charge in [0.1, 0.15) is 0 Å². The molecule has 0 bridgehead atoms. The summed E-state index contributed by atoms with van der Waals surface area (Å²) in [5.41, 5.74) is 1.77. The Bertz CT molecular complexity index is 343. The Morgan fingerprint density at radius 3 is 1.79 bits per heavy atom. The van der Waals surface area contributed by atoms with Gasteiger partial charge in [-0.3, -0.25) is 4.90 Å². The lowest BCUT2D eigenvalue weighted by molar-refractivity contribution is 0.0367. The van der Waals surface area contributed by atoms with Crippen molar-refractivity contribution in [1.29, 1.82) is 0 Å². The van der Waals surface area contributed by atoms with Crippen LogP contribution in [0, 0.1) is 5.92 Å².